The minimum Gasteiger partial charge on any atom is -0.496 e. The first kappa shape index (κ1) is 100. The van der Waals surface area contributed by atoms with Crippen molar-refractivity contribution in [2.24, 2.45) is 0 Å². The number of Topliss-reactive ketones (excluding diaryl/α,β-unsaturated/α-hetero) is 5. The number of aryl methyl sites for hydroxylation is 4. The average molecular weight is 1700 g/mol. The Morgan fingerprint density at radius 2 is 0.746 bits per heavy atom. The van der Waals surface area contributed by atoms with Crippen LogP contribution < -0.4 is 42.0 Å². The van der Waals surface area contributed by atoms with Gasteiger partial charge in [0, 0.05) is 151 Å². The Labute approximate surface area is 746 Å². The van der Waals surface area contributed by atoms with Gasteiger partial charge in [0.25, 0.3) is 17.7 Å². The number of carbonyl (C=O) groups excluding carboxylic acids is 8. The molecule has 8 aromatic carbocycles. The van der Waals surface area contributed by atoms with Gasteiger partial charge in [0.15, 0.2) is 5.78 Å². The highest BCUT2D eigenvalue weighted by molar-refractivity contribution is 6.12. The Morgan fingerprint density at radius 3 is 1.13 bits per heavy atom. The molecule has 3 amide bonds. The van der Waals surface area contributed by atoms with Gasteiger partial charge in [-0.25, -0.2) is 0 Å². The molecule has 0 atom stereocenters. The van der Waals surface area contributed by atoms with E-state index < -0.39 is 0 Å². The SMILES string of the molecule is C.C.C.CCCC(=O)CCc1cc2c(NCc3ccccc3)c(C(=O)NC3CC3)cnc2cc1OC.CCCC(=O)CCc1ccc2ncc(C(=O)CCC)c(Nc3ccccc3)c2c1.CCCC(=O)CCc1ccc2ncc(C(=O)NC(C)(C)C)c(Nc3ccccc3)c2c1.CCCC(=O)CCc1ccc2ncc(C(=O)NC(C)C)c(Nc3ccccc3)c2c1. The van der Waals surface area contributed by atoms with Crippen molar-refractivity contribution in [1.29, 1.82) is 0 Å². The Morgan fingerprint density at radius 1 is 0.389 bits per heavy atom. The summed E-state index contributed by atoms with van der Waals surface area (Å²) in [5.74, 6) is 1.44. The second-order valence-electron chi connectivity index (χ2n) is 32.6. The van der Waals surface area contributed by atoms with Gasteiger partial charge in [-0.2, -0.15) is 0 Å². The zero-order chi connectivity index (χ0) is 87.8. The molecule has 0 saturated heterocycles. The summed E-state index contributed by atoms with van der Waals surface area (Å²) in [5.41, 5.74) is 15.9. The fourth-order valence-corrected chi connectivity index (χ4v) is 14.3. The van der Waals surface area contributed by atoms with E-state index in [9.17, 15) is 38.4 Å². The minimum absolute atomic E-state index is 0. The highest BCUT2D eigenvalue weighted by Gasteiger charge is 2.28. The molecule has 4 aromatic heterocycles. The van der Waals surface area contributed by atoms with Gasteiger partial charge in [-0.15, -0.1) is 0 Å². The molecule has 20 nitrogen and oxygen atoms in total. The number of anilines is 7. The fraction of sp³-hybridized carbons (Fsp3) is 0.358. The second-order valence-corrected chi connectivity index (χ2v) is 32.6. The molecule has 12 aromatic rings. The molecule has 0 spiro atoms. The number of ether oxygens (including phenoxy) is 1. The van der Waals surface area contributed by atoms with Crippen LogP contribution in [-0.4, -0.2) is 91.3 Å². The third-order valence-corrected chi connectivity index (χ3v) is 20.7. The van der Waals surface area contributed by atoms with Crippen molar-refractivity contribution in [3.63, 3.8) is 0 Å². The molecule has 0 radical (unpaired) electrons. The van der Waals surface area contributed by atoms with Crippen molar-refractivity contribution in [2.45, 2.75) is 244 Å². The Balaban J connectivity index is 0.000000229. The van der Waals surface area contributed by atoms with Crippen molar-refractivity contribution >= 4 is 130 Å². The zero-order valence-electron chi connectivity index (χ0n) is 73.2. The van der Waals surface area contributed by atoms with Crippen LogP contribution in [0.5, 0.6) is 5.75 Å². The third-order valence-electron chi connectivity index (χ3n) is 20.7. The lowest BCUT2D eigenvalue weighted by molar-refractivity contribution is -0.119. The van der Waals surface area contributed by atoms with E-state index in [2.05, 4.69) is 63.2 Å². The topological polar surface area (TPSA) is 282 Å². The van der Waals surface area contributed by atoms with Crippen molar-refractivity contribution in [3.05, 3.63) is 263 Å². The number of para-hydroxylation sites is 3. The van der Waals surface area contributed by atoms with E-state index in [1.807, 2.05) is 251 Å². The number of rotatable bonds is 38. The van der Waals surface area contributed by atoms with Crippen molar-refractivity contribution in [3.8, 4) is 5.75 Å². The number of nitrogens with zero attached hydrogens (tertiary/aromatic N) is 4. The van der Waals surface area contributed by atoms with Crippen LogP contribution in [-0.2, 0) is 51.4 Å². The van der Waals surface area contributed by atoms with Gasteiger partial charge < -0.3 is 42.0 Å². The number of ketones is 5. The van der Waals surface area contributed by atoms with Gasteiger partial charge in [0.2, 0.25) is 0 Å². The lowest BCUT2D eigenvalue weighted by Gasteiger charge is -2.22. The highest BCUT2D eigenvalue weighted by Crippen LogP contribution is 2.37. The number of hydrogen-bond acceptors (Lipinski definition) is 17. The van der Waals surface area contributed by atoms with Gasteiger partial charge in [-0.1, -0.05) is 160 Å². The molecule has 1 fully saturated rings. The number of benzene rings is 8. The summed E-state index contributed by atoms with van der Waals surface area (Å²) in [4.78, 5) is 118. The van der Waals surface area contributed by atoms with E-state index in [4.69, 9.17) is 4.74 Å². The summed E-state index contributed by atoms with van der Waals surface area (Å²) in [6.07, 6.45) is 20.5. The molecule has 664 valence electrons. The first-order valence-corrected chi connectivity index (χ1v) is 43.5. The van der Waals surface area contributed by atoms with E-state index in [-0.39, 0.29) is 80.8 Å². The minimum atomic E-state index is -0.364. The van der Waals surface area contributed by atoms with Crippen molar-refractivity contribution < 1.29 is 43.1 Å². The molecule has 0 aliphatic heterocycles. The Bertz CT molecular complexity index is 5620. The van der Waals surface area contributed by atoms with Crippen LogP contribution in [0.2, 0.25) is 0 Å². The number of aromatic nitrogens is 4. The molecule has 7 N–H and O–H groups in total. The second kappa shape index (κ2) is 50.2. The normalized spacial score (nSPS) is 11.3. The highest BCUT2D eigenvalue weighted by atomic mass is 16.5. The molecule has 126 heavy (non-hydrogen) atoms. The first-order valence-electron chi connectivity index (χ1n) is 43.5. The summed E-state index contributed by atoms with van der Waals surface area (Å²) in [7, 11) is 1.63. The molecule has 1 aliphatic rings. The number of pyridine rings is 4. The van der Waals surface area contributed by atoms with Crippen LogP contribution in [0.4, 0.5) is 39.8 Å². The number of nitrogens with one attached hydrogen (secondary N) is 7. The Hall–Kier alpha value is -12.8. The maximum atomic E-state index is 13.1. The van der Waals surface area contributed by atoms with Crippen molar-refractivity contribution in [2.75, 3.05) is 28.4 Å². The average Bonchev–Trinajstić information content (AvgIpc) is 1.09. The van der Waals surface area contributed by atoms with Gasteiger partial charge in [-0.3, -0.25) is 58.3 Å². The van der Waals surface area contributed by atoms with Crippen LogP contribution in [0.15, 0.2) is 213 Å². The lowest BCUT2D eigenvalue weighted by atomic mass is 9.99. The molecular weight excluding hydrogens is 1570 g/mol. The lowest BCUT2D eigenvalue weighted by Crippen LogP contribution is -2.40. The molecule has 0 unspecified atom stereocenters. The van der Waals surface area contributed by atoms with E-state index in [0.29, 0.717) is 124 Å². The van der Waals surface area contributed by atoms with Crippen LogP contribution in [0.1, 0.15) is 263 Å². The van der Waals surface area contributed by atoms with E-state index in [0.717, 1.165) is 156 Å². The van der Waals surface area contributed by atoms with E-state index >= 15 is 0 Å². The summed E-state index contributed by atoms with van der Waals surface area (Å²) >= 11 is 0. The summed E-state index contributed by atoms with van der Waals surface area (Å²) in [6.45, 7) is 20.4. The molecule has 1 aliphatic carbocycles. The first-order chi connectivity index (χ1) is 59.4. The number of fused-ring (bicyclic) bond motifs is 4. The number of methoxy groups -OCH3 is 1. The molecule has 13 rings (SSSR count). The summed E-state index contributed by atoms with van der Waals surface area (Å²) in [5, 5.41) is 26.3. The number of hydrogen-bond donors (Lipinski definition) is 7. The van der Waals surface area contributed by atoms with Crippen molar-refractivity contribution in [1.82, 2.24) is 35.9 Å². The Kier molecular flexibility index (Phi) is 39.9. The van der Waals surface area contributed by atoms with Gasteiger partial charge in [-0.05, 0) is 212 Å². The smallest absolute Gasteiger partial charge is 0.255 e. The number of amides is 3. The molecular formula is C106H131N11O9. The van der Waals surface area contributed by atoms with Crippen LogP contribution in [0, 0.1) is 0 Å². The third kappa shape index (κ3) is 30.0. The number of carbonyl (C=O) groups is 8. The largest absolute Gasteiger partial charge is 0.496 e. The monoisotopic (exact) mass is 1700 g/mol. The molecule has 0 bridgehead atoms. The molecule has 20 heteroatoms. The maximum absolute atomic E-state index is 13.1. The predicted octanol–water partition coefficient (Wildman–Crippen LogP) is 24.4. The van der Waals surface area contributed by atoms with E-state index in [1.54, 1.807) is 31.9 Å². The zero-order valence-corrected chi connectivity index (χ0v) is 73.2. The van der Waals surface area contributed by atoms with Crippen LogP contribution in [0.3, 0.4) is 0 Å². The predicted molar refractivity (Wildman–Crippen MR) is 519 cm³/mol. The summed E-state index contributed by atoms with van der Waals surface area (Å²) < 4.78 is 5.60. The standard InChI is InChI=1S/C27H31N3O3.C26H31N3O2.C25H29N3O2.C25H28N2O2.3CH4/c1-3-7-21(31)13-10-19-14-22-24(15-25(19)33-2)28-17-23(27(32)30-20-11-12-20)26(22)29-16-18-8-5-4-6-9-18;1-5-9-20(30)14-12-18-13-15-23-21(16-18)24(28-19-10-7-6-8-11-19)22(17-27-23)25(31)29-26(2,3)4;1-4-8-20(29)13-11-18-12-14-23-21(15-18)24(28-19-9-6-5-7-10-19)22(16-26-23)25(30)27-17(2)3;1-3-8-20(28)14-12-18-13-15-23-21(16-18)25(27-19-10-6-5-7-11-19)22(17-26-23)24(29)9-4-2;;;/h4-6,8-9,14-15,17,20H,3,7,10-13,16H2,1-2H3,(H,28,29)(H,30,32);6-8,10-11,13,15-17H,5,9,12,14H2,1-4H3,(H,27,28)(H,29,31);5-7,9-10,12,14-17H,4,8,11,13H2,1-3H3,(H,26,28)(H,27,30);5-7,10-11,13,15-17H,3-4,8-9,12,14H2,1-2H3,(H,26,27);3*1H4. The van der Waals surface area contributed by atoms with Gasteiger partial charge in [0.05, 0.1) is 74.2 Å². The van der Waals surface area contributed by atoms with Gasteiger partial charge >= 0.3 is 0 Å². The maximum Gasteiger partial charge on any atom is 0.255 e. The molecule has 4 heterocycles. The van der Waals surface area contributed by atoms with Gasteiger partial charge in [0.1, 0.15) is 28.9 Å². The van der Waals surface area contributed by atoms with Crippen LogP contribution in [0.25, 0.3) is 43.6 Å². The van der Waals surface area contributed by atoms with Crippen LogP contribution >= 0.6 is 0 Å². The van der Waals surface area contributed by atoms with E-state index in [1.165, 1.54) is 0 Å². The quantitative estimate of drug-likeness (QED) is 0.0177. The fourth-order valence-electron chi connectivity index (χ4n) is 14.3. The summed E-state index contributed by atoms with van der Waals surface area (Å²) in [6, 6.07) is 61.7. The molecule has 1 saturated carbocycles.